The molecule has 0 spiro atoms. The van der Waals surface area contributed by atoms with Crippen LogP contribution in [-0.4, -0.2) is 59.3 Å². The Morgan fingerprint density at radius 2 is 1.93 bits per heavy atom. The van der Waals surface area contributed by atoms with Crippen molar-refractivity contribution in [2.45, 2.75) is 57.4 Å². The fraction of sp³-hybridized carbons (Fsp3) is 0.650. The van der Waals surface area contributed by atoms with E-state index in [2.05, 4.69) is 11.9 Å². The van der Waals surface area contributed by atoms with Gasteiger partial charge < -0.3 is 4.90 Å². The van der Waals surface area contributed by atoms with E-state index in [9.17, 15) is 18.0 Å². The average Bonchev–Trinajstić information content (AvgIpc) is 3.08. The van der Waals surface area contributed by atoms with Gasteiger partial charge in [-0.2, -0.15) is 4.31 Å². The summed E-state index contributed by atoms with van der Waals surface area (Å²) in [5, 5.41) is 0.116. The largest absolute Gasteiger partial charge is 0.341 e. The Balaban J connectivity index is 1.71. The molecule has 2 aromatic heterocycles. The number of likely N-dealkylation sites (tertiary alicyclic amines) is 1. The topological polar surface area (TPSA) is 92.6 Å². The van der Waals surface area contributed by atoms with E-state index in [1.54, 1.807) is 11.8 Å². The number of hydrogen-bond donors (Lipinski definition) is 0. The van der Waals surface area contributed by atoms with Crippen molar-refractivity contribution in [3.05, 3.63) is 21.6 Å². The summed E-state index contributed by atoms with van der Waals surface area (Å²) in [6, 6.07) is 0. The highest BCUT2D eigenvalue weighted by atomic mass is 32.2. The van der Waals surface area contributed by atoms with Crippen molar-refractivity contribution in [2.24, 2.45) is 5.92 Å². The lowest BCUT2D eigenvalue weighted by Crippen LogP contribution is -2.42. The van der Waals surface area contributed by atoms with Gasteiger partial charge in [0.25, 0.3) is 5.56 Å². The predicted octanol–water partition coefficient (Wildman–Crippen LogP) is 2.20. The van der Waals surface area contributed by atoms with E-state index >= 15 is 0 Å². The molecule has 0 saturated carbocycles. The molecule has 30 heavy (non-hydrogen) atoms. The van der Waals surface area contributed by atoms with Crippen LogP contribution in [0.1, 0.15) is 43.9 Å². The number of sulfonamides is 1. The van der Waals surface area contributed by atoms with Gasteiger partial charge in [-0.3, -0.25) is 14.2 Å². The number of fused-ring (bicyclic) bond motifs is 1. The first-order valence-corrected chi connectivity index (χ1v) is 12.8. The summed E-state index contributed by atoms with van der Waals surface area (Å²) in [7, 11) is -3.78. The maximum atomic E-state index is 13.3. The lowest BCUT2D eigenvalue weighted by atomic mass is 10.0. The van der Waals surface area contributed by atoms with Gasteiger partial charge in [0, 0.05) is 31.1 Å². The van der Waals surface area contributed by atoms with E-state index in [-0.39, 0.29) is 22.7 Å². The predicted molar refractivity (Wildman–Crippen MR) is 116 cm³/mol. The summed E-state index contributed by atoms with van der Waals surface area (Å²) in [4.78, 5) is 33.1. The molecule has 1 amide bonds. The van der Waals surface area contributed by atoms with Gasteiger partial charge in [-0.15, -0.1) is 11.3 Å². The van der Waals surface area contributed by atoms with Gasteiger partial charge in [0.2, 0.25) is 15.9 Å². The third-order valence-corrected chi connectivity index (χ3v) is 9.24. The van der Waals surface area contributed by atoms with E-state index in [1.807, 2.05) is 0 Å². The van der Waals surface area contributed by atoms with E-state index in [0.717, 1.165) is 32.1 Å². The molecule has 1 atom stereocenters. The van der Waals surface area contributed by atoms with Crippen molar-refractivity contribution < 1.29 is 13.2 Å². The Morgan fingerprint density at radius 3 is 2.63 bits per heavy atom. The van der Waals surface area contributed by atoms with Crippen LogP contribution in [0.15, 0.2) is 16.0 Å². The van der Waals surface area contributed by atoms with Crippen molar-refractivity contribution in [1.82, 2.24) is 18.8 Å². The van der Waals surface area contributed by atoms with Gasteiger partial charge in [-0.1, -0.05) is 13.3 Å². The van der Waals surface area contributed by atoms with Gasteiger partial charge in [-0.25, -0.2) is 13.4 Å². The first-order valence-electron chi connectivity index (χ1n) is 10.6. The van der Waals surface area contributed by atoms with Crippen molar-refractivity contribution in [3.8, 4) is 0 Å². The number of aromatic nitrogens is 2. The fourth-order valence-electron chi connectivity index (χ4n) is 4.43. The molecule has 164 valence electrons. The van der Waals surface area contributed by atoms with Crippen LogP contribution in [0.3, 0.4) is 0 Å². The van der Waals surface area contributed by atoms with Gasteiger partial charge in [0.05, 0.1) is 11.7 Å². The summed E-state index contributed by atoms with van der Waals surface area (Å²) < 4.78 is 29.4. The van der Waals surface area contributed by atoms with Crippen LogP contribution < -0.4 is 5.56 Å². The Hall–Kier alpha value is -1.78. The Kier molecular flexibility index (Phi) is 6.00. The number of amides is 1. The SMILES string of the molecule is Cc1sc2ncn(CC(=O)N3CCC[C@H](C)C3)c(=O)c2c1S(=O)(=O)N1CCCCC1. The molecule has 10 heteroatoms. The molecular formula is C20H28N4O4S2. The fourth-order valence-corrected chi connectivity index (χ4v) is 7.62. The Morgan fingerprint density at radius 1 is 1.20 bits per heavy atom. The molecular weight excluding hydrogens is 424 g/mol. The highest BCUT2D eigenvalue weighted by Crippen LogP contribution is 2.33. The number of rotatable bonds is 4. The molecule has 0 N–H and O–H groups in total. The number of thiophene rings is 1. The van der Waals surface area contributed by atoms with Crippen LogP contribution in [0.2, 0.25) is 0 Å². The minimum absolute atomic E-state index is 0.0651. The van der Waals surface area contributed by atoms with Gasteiger partial charge in [-0.05, 0) is 38.5 Å². The van der Waals surface area contributed by atoms with E-state index in [0.29, 0.717) is 41.8 Å². The number of hydrogen-bond acceptors (Lipinski definition) is 6. The second-order valence-corrected chi connectivity index (χ2v) is 11.5. The number of nitrogens with zero attached hydrogens (tertiary/aromatic N) is 4. The van der Waals surface area contributed by atoms with Gasteiger partial charge >= 0.3 is 0 Å². The molecule has 2 aliphatic rings. The second-order valence-electron chi connectivity index (χ2n) is 8.40. The molecule has 4 heterocycles. The number of aryl methyl sites for hydroxylation is 1. The zero-order valence-electron chi connectivity index (χ0n) is 17.5. The van der Waals surface area contributed by atoms with E-state index < -0.39 is 15.6 Å². The molecule has 0 bridgehead atoms. The van der Waals surface area contributed by atoms with Crippen molar-refractivity contribution >= 4 is 37.5 Å². The molecule has 0 aliphatic carbocycles. The number of piperidine rings is 2. The van der Waals surface area contributed by atoms with Crippen LogP contribution in [0.5, 0.6) is 0 Å². The average molecular weight is 453 g/mol. The minimum Gasteiger partial charge on any atom is -0.341 e. The quantitative estimate of drug-likeness (QED) is 0.709. The molecule has 2 fully saturated rings. The third-order valence-electron chi connectivity index (χ3n) is 6.03. The summed E-state index contributed by atoms with van der Waals surface area (Å²) in [5.41, 5.74) is -0.460. The normalized spacial score (nSPS) is 21.3. The molecule has 8 nitrogen and oxygen atoms in total. The molecule has 0 unspecified atom stereocenters. The zero-order chi connectivity index (χ0) is 21.5. The highest BCUT2D eigenvalue weighted by molar-refractivity contribution is 7.89. The highest BCUT2D eigenvalue weighted by Gasteiger charge is 2.32. The maximum absolute atomic E-state index is 13.3. The van der Waals surface area contributed by atoms with Crippen molar-refractivity contribution in [2.75, 3.05) is 26.2 Å². The minimum atomic E-state index is -3.78. The lowest BCUT2D eigenvalue weighted by molar-refractivity contribution is -0.133. The maximum Gasteiger partial charge on any atom is 0.263 e. The van der Waals surface area contributed by atoms with Crippen LogP contribution in [0.4, 0.5) is 0 Å². The van der Waals surface area contributed by atoms with Crippen LogP contribution >= 0.6 is 11.3 Å². The summed E-state index contributed by atoms with van der Waals surface area (Å²) >= 11 is 1.21. The van der Waals surface area contributed by atoms with Crippen molar-refractivity contribution in [1.29, 1.82) is 0 Å². The van der Waals surface area contributed by atoms with Crippen LogP contribution in [-0.2, 0) is 21.4 Å². The molecule has 4 rings (SSSR count). The van der Waals surface area contributed by atoms with Crippen LogP contribution in [0.25, 0.3) is 10.2 Å². The lowest BCUT2D eigenvalue weighted by Gasteiger charge is -2.31. The first-order chi connectivity index (χ1) is 14.3. The Labute approximate surface area is 180 Å². The summed E-state index contributed by atoms with van der Waals surface area (Å²) in [6.07, 6.45) is 6.09. The standard InChI is InChI=1S/C20H28N4O4S2/c1-14-7-6-8-22(11-14)16(25)12-23-13-21-19-17(20(23)26)18(15(2)29-19)30(27,28)24-9-4-3-5-10-24/h13-14H,3-12H2,1-2H3/t14-/m0/s1. The van der Waals surface area contributed by atoms with E-state index in [4.69, 9.17) is 0 Å². The summed E-state index contributed by atoms with van der Waals surface area (Å²) in [5.74, 6) is 0.318. The second kappa shape index (κ2) is 8.39. The monoisotopic (exact) mass is 452 g/mol. The molecule has 2 aliphatic heterocycles. The van der Waals surface area contributed by atoms with E-state index in [1.165, 1.54) is 26.5 Å². The van der Waals surface area contributed by atoms with Crippen molar-refractivity contribution in [3.63, 3.8) is 0 Å². The number of carbonyl (C=O) groups excluding carboxylic acids is 1. The molecule has 2 saturated heterocycles. The van der Waals surface area contributed by atoms with Gasteiger partial charge in [0.15, 0.2) is 0 Å². The summed E-state index contributed by atoms with van der Waals surface area (Å²) in [6.45, 7) is 6.04. The smallest absolute Gasteiger partial charge is 0.263 e. The van der Waals surface area contributed by atoms with Gasteiger partial charge in [0.1, 0.15) is 16.3 Å². The first kappa shape index (κ1) is 21.5. The molecule has 2 aromatic rings. The third kappa shape index (κ3) is 3.92. The number of carbonyl (C=O) groups is 1. The van der Waals surface area contributed by atoms with Crippen LogP contribution in [0, 0.1) is 12.8 Å². The Bertz CT molecular complexity index is 1120. The zero-order valence-corrected chi connectivity index (χ0v) is 19.1. The molecule has 0 aromatic carbocycles. The molecule has 0 radical (unpaired) electrons.